The van der Waals surface area contributed by atoms with Crippen molar-refractivity contribution in [2.45, 2.75) is 98.3 Å². The Morgan fingerprint density at radius 3 is 1.68 bits per heavy atom. The van der Waals surface area contributed by atoms with E-state index in [1.165, 1.54) is 70.6 Å². The van der Waals surface area contributed by atoms with Crippen LogP contribution in [0.15, 0.2) is 0 Å². The van der Waals surface area contributed by atoms with Crippen molar-refractivity contribution in [3.63, 3.8) is 0 Å². The van der Waals surface area contributed by atoms with E-state index < -0.39 is 0 Å². The molecule has 0 aromatic heterocycles. The summed E-state index contributed by atoms with van der Waals surface area (Å²) in [7, 11) is 0. The standard InChI is InChI=1S/C19H38/c1-5-6-7-8-9-10-11-12-13-19-17(3)14-16(2)15-18(19)4/h16-19H,5-15H2,1-4H3. The van der Waals surface area contributed by atoms with Crippen LogP contribution < -0.4 is 0 Å². The maximum absolute atomic E-state index is 2.50. The lowest BCUT2D eigenvalue weighted by Gasteiger charge is -2.38. The van der Waals surface area contributed by atoms with Crippen LogP contribution in [-0.4, -0.2) is 0 Å². The molecule has 1 aliphatic rings. The average Bonchev–Trinajstić information content (AvgIpc) is 2.35. The molecule has 0 aromatic carbocycles. The molecule has 2 unspecified atom stereocenters. The molecule has 0 radical (unpaired) electrons. The summed E-state index contributed by atoms with van der Waals surface area (Å²) in [5.74, 6) is 3.95. The molecule has 1 fully saturated rings. The second kappa shape index (κ2) is 9.83. The van der Waals surface area contributed by atoms with Gasteiger partial charge in [0.15, 0.2) is 0 Å². The summed E-state index contributed by atoms with van der Waals surface area (Å²) < 4.78 is 0. The molecule has 2 atom stereocenters. The summed E-state index contributed by atoms with van der Waals surface area (Å²) in [6.45, 7) is 9.75. The van der Waals surface area contributed by atoms with E-state index in [0.717, 1.165) is 23.7 Å². The summed E-state index contributed by atoms with van der Waals surface area (Å²) in [5.41, 5.74) is 0. The van der Waals surface area contributed by atoms with Crippen molar-refractivity contribution in [3.05, 3.63) is 0 Å². The topological polar surface area (TPSA) is 0 Å². The third-order valence-electron chi connectivity index (χ3n) is 5.40. The zero-order chi connectivity index (χ0) is 14.1. The molecule has 1 rings (SSSR count). The number of rotatable bonds is 9. The summed E-state index contributed by atoms with van der Waals surface area (Å²) in [6, 6.07) is 0. The molecular weight excluding hydrogens is 228 g/mol. The molecule has 0 nitrogen and oxygen atoms in total. The smallest absolute Gasteiger partial charge is 0.0362 e. The van der Waals surface area contributed by atoms with Crippen molar-refractivity contribution in [2.75, 3.05) is 0 Å². The van der Waals surface area contributed by atoms with Crippen LogP contribution in [0.25, 0.3) is 0 Å². The van der Waals surface area contributed by atoms with Crippen molar-refractivity contribution in [2.24, 2.45) is 23.7 Å². The second-order valence-electron chi connectivity index (χ2n) is 7.46. The van der Waals surface area contributed by atoms with Gasteiger partial charge in [-0.05, 0) is 42.9 Å². The highest BCUT2D eigenvalue weighted by Crippen LogP contribution is 2.40. The van der Waals surface area contributed by atoms with Crippen LogP contribution in [0.4, 0.5) is 0 Å². The van der Waals surface area contributed by atoms with Crippen LogP contribution in [0.2, 0.25) is 0 Å². The fraction of sp³-hybridized carbons (Fsp3) is 1.00. The van der Waals surface area contributed by atoms with Crippen LogP contribution in [0, 0.1) is 23.7 Å². The SMILES string of the molecule is CCCCCCCCCCC1C(C)CC(C)CC1C. The van der Waals surface area contributed by atoms with Gasteiger partial charge in [-0.3, -0.25) is 0 Å². The summed E-state index contributed by atoms with van der Waals surface area (Å²) in [4.78, 5) is 0. The Labute approximate surface area is 122 Å². The van der Waals surface area contributed by atoms with Gasteiger partial charge < -0.3 is 0 Å². The highest BCUT2D eigenvalue weighted by atomic mass is 14.4. The van der Waals surface area contributed by atoms with E-state index in [4.69, 9.17) is 0 Å². The van der Waals surface area contributed by atoms with E-state index >= 15 is 0 Å². The van der Waals surface area contributed by atoms with E-state index in [1.54, 1.807) is 0 Å². The molecule has 0 bridgehead atoms. The maximum Gasteiger partial charge on any atom is -0.0362 e. The first-order chi connectivity index (χ1) is 9.15. The molecule has 0 aromatic rings. The predicted molar refractivity (Wildman–Crippen MR) is 87.4 cm³/mol. The van der Waals surface area contributed by atoms with E-state index in [0.29, 0.717) is 0 Å². The molecule has 1 saturated carbocycles. The van der Waals surface area contributed by atoms with Crippen molar-refractivity contribution in [3.8, 4) is 0 Å². The number of hydrogen-bond acceptors (Lipinski definition) is 0. The van der Waals surface area contributed by atoms with Gasteiger partial charge in [0.2, 0.25) is 0 Å². The lowest BCUT2D eigenvalue weighted by Crippen LogP contribution is -2.28. The average molecular weight is 267 g/mol. The van der Waals surface area contributed by atoms with Gasteiger partial charge in [-0.1, -0.05) is 79.1 Å². The fourth-order valence-electron chi connectivity index (χ4n) is 4.36. The van der Waals surface area contributed by atoms with E-state index in [-0.39, 0.29) is 0 Å². The first-order valence-electron chi connectivity index (χ1n) is 9.15. The number of unbranched alkanes of at least 4 members (excludes halogenated alkanes) is 7. The third-order valence-corrected chi connectivity index (χ3v) is 5.40. The van der Waals surface area contributed by atoms with Gasteiger partial charge in [0.1, 0.15) is 0 Å². The lowest BCUT2D eigenvalue weighted by atomic mass is 9.68. The van der Waals surface area contributed by atoms with Gasteiger partial charge in [-0.15, -0.1) is 0 Å². The van der Waals surface area contributed by atoms with Gasteiger partial charge in [0.25, 0.3) is 0 Å². The summed E-state index contributed by atoms with van der Waals surface area (Å²) >= 11 is 0. The Morgan fingerprint density at radius 1 is 0.684 bits per heavy atom. The molecule has 0 aliphatic heterocycles. The molecule has 0 spiro atoms. The first kappa shape index (κ1) is 17.1. The van der Waals surface area contributed by atoms with Gasteiger partial charge in [0, 0.05) is 0 Å². The Bertz CT molecular complexity index is 196. The molecule has 114 valence electrons. The van der Waals surface area contributed by atoms with Crippen LogP contribution in [0.3, 0.4) is 0 Å². The van der Waals surface area contributed by atoms with Crippen LogP contribution in [0.5, 0.6) is 0 Å². The van der Waals surface area contributed by atoms with Crippen LogP contribution in [-0.2, 0) is 0 Å². The first-order valence-corrected chi connectivity index (χ1v) is 9.15. The van der Waals surface area contributed by atoms with Gasteiger partial charge >= 0.3 is 0 Å². The van der Waals surface area contributed by atoms with Gasteiger partial charge in [-0.25, -0.2) is 0 Å². The molecular formula is C19H38. The van der Waals surface area contributed by atoms with Crippen LogP contribution >= 0.6 is 0 Å². The highest BCUT2D eigenvalue weighted by molar-refractivity contribution is 4.80. The maximum atomic E-state index is 2.50. The molecule has 0 amide bonds. The summed E-state index contributed by atoms with van der Waals surface area (Å²) in [6.07, 6.45) is 16.1. The normalized spacial score (nSPS) is 31.6. The Morgan fingerprint density at radius 2 is 1.16 bits per heavy atom. The Kier molecular flexibility index (Phi) is 8.83. The summed E-state index contributed by atoms with van der Waals surface area (Å²) in [5, 5.41) is 0. The monoisotopic (exact) mass is 266 g/mol. The van der Waals surface area contributed by atoms with Crippen molar-refractivity contribution >= 4 is 0 Å². The highest BCUT2D eigenvalue weighted by Gasteiger charge is 2.30. The van der Waals surface area contributed by atoms with Crippen LogP contribution in [0.1, 0.15) is 98.3 Å². The third kappa shape index (κ3) is 6.82. The van der Waals surface area contributed by atoms with E-state index in [2.05, 4.69) is 27.7 Å². The van der Waals surface area contributed by atoms with Gasteiger partial charge in [0.05, 0.1) is 0 Å². The van der Waals surface area contributed by atoms with Crippen molar-refractivity contribution < 1.29 is 0 Å². The van der Waals surface area contributed by atoms with Crippen molar-refractivity contribution in [1.82, 2.24) is 0 Å². The quantitative estimate of drug-likeness (QED) is 0.401. The zero-order valence-corrected chi connectivity index (χ0v) is 14.1. The molecule has 0 heterocycles. The minimum atomic E-state index is 0.972. The Balaban J connectivity index is 2.02. The number of hydrogen-bond donors (Lipinski definition) is 0. The fourth-order valence-corrected chi connectivity index (χ4v) is 4.36. The second-order valence-corrected chi connectivity index (χ2v) is 7.46. The molecule has 0 N–H and O–H groups in total. The molecule has 0 saturated heterocycles. The predicted octanol–water partition coefficient (Wildman–Crippen LogP) is 6.84. The van der Waals surface area contributed by atoms with E-state index in [9.17, 15) is 0 Å². The largest absolute Gasteiger partial charge is 0.0654 e. The molecule has 1 aliphatic carbocycles. The lowest BCUT2D eigenvalue weighted by molar-refractivity contribution is 0.124. The zero-order valence-electron chi connectivity index (χ0n) is 14.1. The Hall–Kier alpha value is 0. The van der Waals surface area contributed by atoms with Gasteiger partial charge in [-0.2, -0.15) is 0 Å². The minimum absolute atomic E-state index is 0.972. The molecule has 19 heavy (non-hydrogen) atoms. The minimum Gasteiger partial charge on any atom is -0.0654 e. The molecule has 0 heteroatoms. The van der Waals surface area contributed by atoms with E-state index in [1.807, 2.05) is 0 Å². The van der Waals surface area contributed by atoms with Crippen molar-refractivity contribution in [1.29, 1.82) is 0 Å².